The second-order valence-corrected chi connectivity index (χ2v) is 6.64. The van der Waals surface area contributed by atoms with Gasteiger partial charge in [-0.25, -0.2) is 13.8 Å². The Hall–Kier alpha value is -2.28. The number of halogens is 2. The van der Waals surface area contributed by atoms with E-state index >= 15 is 0 Å². The Kier molecular flexibility index (Phi) is 6.47. The average molecular weight is 364 g/mol. The van der Waals surface area contributed by atoms with Crippen LogP contribution in [0.15, 0.2) is 36.6 Å². The number of nitrogens with zero attached hydrogens (tertiary/aromatic N) is 2. The van der Waals surface area contributed by atoms with Crippen molar-refractivity contribution >= 4 is 17.8 Å². The number of likely N-dealkylation sites (tertiary alicyclic amines) is 1. The van der Waals surface area contributed by atoms with E-state index in [2.05, 4.69) is 10.3 Å². The van der Waals surface area contributed by atoms with Crippen molar-refractivity contribution in [1.82, 2.24) is 15.2 Å². The minimum atomic E-state index is -2.63. The molecule has 1 saturated heterocycles. The zero-order valence-electron chi connectivity index (χ0n) is 15.2. The third-order valence-corrected chi connectivity index (χ3v) is 4.44. The van der Waals surface area contributed by atoms with E-state index in [1.54, 1.807) is 24.4 Å². The molecule has 0 bridgehead atoms. The molecule has 2 heterocycles. The smallest absolute Gasteiger partial charge is 0.250 e. The summed E-state index contributed by atoms with van der Waals surface area (Å²) in [7, 11) is 0. The van der Waals surface area contributed by atoms with Crippen LogP contribution in [0.5, 0.6) is 0 Å². The second kappa shape index (κ2) is 8.40. The Balaban J connectivity index is 2.07. The van der Waals surface area contributed by atoms with Crippen LogP contribution in [0.3, 0.4) is 0 Å². The van der Waals surface area contributed by atoms with Gasteiger partial charge in [-0.2, -0.15) is 0 Å². The molecule has 0 spiro atoms. The molecule has 0 aliphatic carbocycles. The number of hydrogen-bond donors (Lipinski definition) is 2. The van der Waals surface area contributed by atoms with Crippen LogP contribution in [-0.4, -0.2) is 40.5 Å². The maximum Gasteiger partial charge on any atom is 0.250 e. The molecule has 1 unspecified atom stereocenters. The first-order chi connectivity index (χ1) is 12.2. The van der Waals surface area contributed by atoms with Gasteiger partial charge in [0.15, 0.2) is 0 Å². The van der Waals surface area contributed by atoms with E-state index in [-0.39, 0.29) is 31.8 Å². The molecule has 3 N–H and O–H groups in total. The van der Waals surface area contributed by atoms with E-state index in [4.69, 9.17) is 5.73 Å². The van der Waals surface area contributed by atoms with Gasteiger partial charge in [0.05, 0.1) is 0 Å². The van der Waals surface area contributed by atoms with Gasteiger partial charge in [0.2, 0.25) is 5.91 Å². The summed E-state index contributed by atoms with van der Waals surface area (Å²) in [4.78, 5) is 18.2. The van der Waals surface area contributed by atoms with Crippen LogP contribution in [0.4, 0.5) is 14.6 Å². The summed E-state index contributed by atoms with van der Waals surface area (Å²) in [5.74, 6) is -2.52. The van der Waals surface area contributed by atoms with Gasteiger partial charge in [0.25, 0.3) is 5.92 Å². The van der Waals surface area contributed by atoms with E-state index in [9.17, 15) is 13.6 Å². The first-order valence-electron chi connectivity index (χ1n) is 8.76. The number of rotatable bonds is 6. The zero-order chi connectivity index (χ0) is 19.2. The van der Waals surface area contributed by atoms with E-state index in [1.807, 2.05) is 30.9 Å². The molecule has 0 aromatic carbocycles. The quantitative estimate of drug-likeness (QED) is 0.601. The number of alkyl halides is 2. The fourth-order valence-electron chi connectivity index (χ4n) is 2.85. The van der Waals surface area contributed by atoms with Gasteiger partial charge in [-0.15, -0.1) is 0 Å². The van der Waals surface area contributed by atoms with Crippen LogP contribution in [-0.2, 0) is 4.79 Å². The highest BCUT2D eigenvalue weighted by atomic mass is 19.3. The van der Waals surface area contributed by atoms with Crippen molar-refractivity contribution in [2.75, 3.05) is 18.8 Å². The fourth-order valence-corrected chi connectivity index (χ4v) is 2.85. The summed E-state index contributed by atoms with van der Waals surface area (Å²) in [5.41, 5.74) is 5.47. The number of nitrogen functional groups attached to an aromatic ring is 1. The summed E-state index contributed by atoms with van der Waals surface area (Å²) in [5, 5.41) is 2.93. The molecule has 1 aromatic rings. The predicted octanol–water partition coefficient (Wildman–Crippen LogP) is 3.21. The summed E-state index contributed by atoms with van der Waals surface area (Å²) in [6.07, 6.45) is 8.80. The van der Waals surface area contributed by atoms with Gasteiger partial charge < -0.3 is 11.1 Å². The van der Waals surface area contributed by atoms with Crippen molar-refractivity contribution in [1.29, 1.82) is 0 Å². The molecule has 1 fully saturated rings. The third kappa shape index (κ3) is 5.62. The molecular formula is C19H26F2N4O. The highest BCUT2D eigenvalue weighted by molar-refractivity contribution is 5.92. The highest BCUT2D eigenvalue weighted by Gasteiger charge is 2.40. The molecule has 26 heavy (non-hydrogen) atoms. The number of carbonyl (C=O) groups excluding carboxylic acids is 1. The number of hydrogen-bond acceptors (Lipinski definition) is 4. The number of amides is 1. The minimum Gasteiger partial charge on any atom is -0.384 e. The highest BCUT2D eigenvalue weighted by Crippen LogP contribution is 2.31. The lowest BCUT2D eigenvalue weighted by Gasteiger charge is -2.43. The third-order valence-electron chi connectivity index (χ3n) is 4.44. The number of anilines is 1. The van der Waals surface area contributed by atoms with Gasteiger partial charge >= 0.3 is 0 Å². The van der Waals surface area contributed by atoms with E-state index < -0.39 is 11.6 Å². The van der Waals surface area contributed by atoms with Gasteiger partial charge in [0, 0.05) is 38.2 Å². The van der Waals surface area contributed by atoms with Crippen molar-refractivity contribution in [2.24, 2.45) is 0 Å². The first-order valence-corrected chi connectivity index (χ1v) is 8.76. The normalized spacial score (nSPS) is 20.3. The standard InChI is InChI=1S/C19H26F2N4O/c1-3-4-9-18(2,25-12-10-19(20,21)11-13-25)24-17(26)8-6-15-5-7-16(22)23-14-15/h4-9,14H,3,10-13H2,1-2H3,(H2,22,23)(H,24,26)/b8-6+,9-4-. The van der Waals surface area contributed by atoms with Crippen molar-refractivity contribution in [2.45, 2.75) is 44.7 Å². The Morgan fingerprint density at radius 3 is 2.69 bits per heavy atom. The Bertz CT molecular complexity index is 663. The number of pyridine rings is 1. The number of allylic oxidation sites excluding steroid dienone is 1. The van der Waals surface area contributed by atoms with E-state index in [0.29, 0.717) is 5.82 Å². The van der Waals surface area contributed by atoms with Crippen LogP contribution >= 0.6 is 0 Å². The topological polar surface area (TPSA) is 71.2 Å². The molecule has 1 aliphatic rings. The monoisotopic (exact) mass is 364 g/mol. The summed E-state index contributed by atoms with van der Waals surface area (Å²) >= 11 is 0. The molecule has 1 atom stereocenters. The van der Waals surface area contributed by atoms with Crippen LogP contribution < -0.4 is 11.1 Å². The van der Waals surface area contributed by atoms with Crippen molar-refractivity contribution in [3.8, 4) is 0 Å². The molecule has 1 aromatic heterocycles. The first kappa shape index (κ1) is 20.0. The summed E-state index contributed by atoms with van der Waals surface area (Å²) < 4.78 is 26.9. The number of nitrogens with two attached hydrogens (primary N) is 1. The number of nitrogens with one attached hydrogen (secondary N) is 1. The van der Waals surface area contributed by atoms with Gasteiger partial charge in [-0.3, -0.25) is 9.69 Å². The molecule has 0 saturated carbocycles. The van der Waals surface area contributed by atoms with Crippen molar-refractivity contribution in [3.05, 3.63) is 42.1 Å². The minimum absolute atomic E-state index is 0.203. The Labute approximate surface area is 153 Å². The van der Waals surface area contributed by atoms with Crippen LogP contribution in [0, 0.1) is 0 Å². The van der Waals surface area contributed by atoms with E-state index in [0.717, 1.165) is 12.0 Å². The molecule has 1 amide bonds. The molecule has 2 rings (SSSR count). The molecule has 5 nitrogen and oxygen atoms in total. The van der Waals surface area contributed by atoms with Crippen LogP contribution in [0.25, 0.3) is 6.08 Å². The van der Waals surface area contributed by atoms with Gasteiger partial charge in [0.1, 0.15) is 11.5 Å². The molecule has 0 radical (unpaired) electrons. The van der Waals surface area contributed by atoms with Crippen LogP contribution in [0.2, 0.25) is 0 Å². The van der Waals surface area contributed by atoms with Crippen molar-refractivity contribution in [3.63, 3.8) is 0 Å². The summed E-state index contributed by atoms with van der Waals surface area (Å²) in [6, 6.07) is 3.41. The lowest BCUT2D eigenvalue weighted by atomic mass is 10.0. The molecule has 7 heteroatoms. The fraction of sp³-hybridized carbons (Fsp3) is 0.474. The van der Waals surface area contributed by atoms with Gasteiger partial charge in [-0.1, -0.05) is 13.0 Å². The van der Waals surface area contributed by atoms with Gasteiger partial charge in [-0.05, 0) is 43.2 Å². The molecule has 1 aliphatic heterocycles. The SMILES string of the molecule is CC/C=C\C(C)(NC(=O)/C=C/c1ccc(N)nc1)N1CCC(F)(F)CC1. The maximum atomic E-state index is 13.5. The Morgan fingerprint density at radius 2 is 2.12 bits per heavy atom. The summed E-state index contributed by atoms with van der Waals surface area (Å²) in [6.45, 7) is 4.27. The second-order valence-electron chi connectivity index (χ2n) is 6.64. The average Bonchev–Trinajstić information content (AvgIpc) is 2.59. The predicted molar refractivity (Wildman–Crippen MR) is 99.4 cm³/mol. The number of piperidine rings is 1. The van der Waals surface area contributed by atoms with Crippen LogP contribution in [0.1, 0.15) is 38.7 Å². The largest absolute Gasteiger partial charge is 0.384 e. The Morgan fingerprint density at radius 1 is 1.42 bits per heavy atom. The maximum absolute atomic E-state index is 13.5. The lowest BCUT2D eigenvalue weighted by Crippen LogP contribution is -2.60. The number of carbonyl (C=O) groups is 1. The lowest BCUT2D eigenvalue weighted by molar-refractivity contribution is -0.121. The van der Waals surface area contributed by atoms with E-state index in [1.165, 1.54) is 6.08 Å². The number of aromatic nitrogens is 1. The van der Waals surface area contributed by atoms with Crippen molar-refractivity contribution < 1.29 is 13.6 Å². The zero-order valence-corrected chi connectivity index (χ0v) is 15.2. The molecule has 142 valence electrons. The molecular weight excluding hydrogens is 338 g/mol.